The van der Waals surface area contributed by atoms with Gasteiger partial charge in [0.25, 0.3) is 0 Å². The van der Waals surface area contributed by atoms with Crippen molar-refractivity contribution in [3.63, 3.8) is 0 Å². The predicted octanol–water partition coefficient (Wildman–Crippen LogP) is 4.85. The lowest BCUT2D eigenvalue weighted by molar-refractivity contribution is -0.123. The number of allylic oxidation sites excluding steroid dienone is 2. The van der Waals surface area contributed by atoms with Crippen molar-refractivity contribution in [2.24, 2.45) is 23.7 Å². The molecule has 1 aliphatic heterocycles. The van der Waals surface area contributed by atoms with Crippen molar-refractivity contribution in [3.8, 4) is 11.3 Å². The average molecular weight is 393 g/mol. The second-order valence-electron chi connectivity index (χ2n) is 8.30. The molecule has 3 fully saturated rings. The Balaban J connectivity index is 1.55. The molecule has 144 valence electrons. The fourth-order valence-electron chi connectivity index (χ4n) is 5.68. The highest BCUT2D eigenvalue weighted by Gasteiger charge is 2.64. The predicted molar refractivity (Wildman–Crippen MR) is 111 cm³/mol. The summed E-state index contributed by atoms with van der Waals surface area (Å²) in [5.41, 5.74) is 4.61. The molecule has 0 unspecified atom stereocenters. The number of carbonyl (C=O) groups excluding carboxylic acids is 2. The lowest BCUT2D eigenvalue weighted by Gasteiger charge is -2.18. The van der Waals surface area contributed by atoms with E-state index in [1.807, 2.05) is 30.3 Å². The zero-order valence-corrected chi connectivity index (χ0v) is 17.3. The van der Waals surface area contributed by atoms with Crippen LogP contribution in [0.4, 0.5) is 5.13 Å². The van der Waals surface area contributed by atoms with Crippen LogP contribution in [0.5, 0.6) is 0 Å². The summed E-state index contributed by atoms with van der Waals surface area (Å²) in [6.45, 7) is 6.33. The van der Waals surface area contributed by atoms with Crippen LogP contribution in [0, 0.1) is 23.7 Å². The quantitative estimate of drug-likeness (QED) is 0.554. The first kappa shape index (κ1) is 17.8. The number of rotatable bonds is 3. The third kappa shape index (κ3) is 2.32. The number of carbonyl (C=O) groups is 2. The summed E-state index contributed by atoms with van der Waals surface area (Å²) in [5, 5.41) is 0.554. The van der Waals surface area contributed by atoms with E-state index in [2.05, 4.69) is 20.8 Å². The lowest BCUT2D eigenvalue weighted by Crippen LogP contribution is -2.33. The van der Waals surface area contributed by atoms with Crippen molar-refractivity contribution in [1.29, 1.82) is 0 Å². The van der Waals surface area contributed by atoms with E-state index in [1.165, 1.54) is 27.4 Å². The minimum absolute atomic E-state index is 0.0306. The molecule has 3 aliphatic rings. The molecule has 4 nitrogen and oxygen atoms in total. The molecule has 1 aromatic heterocycles. The number of aryl methyl sites for hydroxylation is 1. The summed E-state index contributed by atoms with van der Waals surface area (Å²) >= 11 is 1.49. The highest BCUT2D eigenvalue weighted by molar-refractivity contribution is 7.16. The Morgan fingerprint density at radius 1 is 1.07 bits per heavy atom. The first-order valence-corrected chi connectivity index (χ1v) is 10.9. The standard InChI is InChI=1S/C23H24N2O2S/c1-4-16-20(13-8-6-5-7-9-13)24-23(28-16)25-21(26)18-14-10-11-15(17(14)12(2)3)19(18)22(25)27/h5-9,14-15,18-19H,4,10-11H2,1-3H3/t14-,15-,18+,19+/m0/s1. The molecule has 5 rings (SSSR count). The van der Waals surface area contributed by atoms with Crippen LogP contribution in [-0.4, -0.2) is 16.8 Å². The van der Waals surface area contributed by atoms with Crippen molar-refractivity contribution in [1.82, 2.24) is 4.98 Å². The largest absolute Gasteiger partial charge is 0.274 e. The molecule has 4 atom stereocenters. The number of fused-ring (bicyclic) bond motifs is 5. The number of amides is 2. The Kier molecular flexibility index (Phi) is 4.05. The van der Waals surface area contributed by atoms with E-state index < -0.39 is 0 Å². The summed E-state index contributed by atoms with van der Waals surface area (Å²) in [7, 11) is 0. The van der Waals surface area contributed by atoms with Crippen LogP contribution >= 0.6 is 11.3 Å². The van der Waals surface area contributed by atoms with Gasteiger partial charge in [-0.2, -0.15) is 0 Å². The van der Waals surface area contributed by atoms with E-state index in [1.54, 1.807) is 0 Å². The van der Waals surface area contributed by atoms with Gasteiger partial charge in [-0.1, -0.05) is 48.4 Å². The molecule has 2 aliphatic carbocycles. The molecule has 0 radical (unpaired) electrons. The van der Waals surface area contributed by atoms with Gasteiger partial charge >= 0.3 is 0 Å². The molecule has 0 N–H and O–H groups in total. The van der Waals surface area contributed by atoms with Crippen LogP contribution in [0.25, 0.3) is 11.3 Å². The molecule has 1 aromatic carbocycles. The van der Waals surface area contributed by atoms with E-state index in [0.29, 0.717) is 5.13 Å². The van der Waals surface area contributed by atoms with Crippen LogP contribution in [0.15, 0.2) is 41.5 Å². The maximum Gasteiger partial charge on any atom is 0.240 e. The first-order valence-electron chi connectivity index (χ1n) is 10.1. The number of thiazole rings is 1. The van der Waals surface area contributed by atoms with Gasteiger partial charge in [-0.15, -0.1) is 11.3 Å². The van der Waals surface area contributed by atoms with Crippen molar-refractivity contribution in [2.75, 3.05) is 4.90 Å². The van der Waals surface area contributed by atoms with Crippen LogP contribution in [0.1, 0.15) is 38.5 Å². The van der Waals surface area contributed by atoms with Gasteiger partial charge in [-0.3, -0.25) is 9.59 Å². The minimum Gasteiger partial charge on any atom is -0.274 e. The topological polar surface area (TPSA) is 50.3 Å². The van der Waals surface area contributed by atoms with Crippen molar-refractivity contribution in [2.45, 2.75) is 40.0 Å². The van der Waals surface area contributed by atoms with Gasteiger partial charge in [0.05, 0.1) is 17.5 Å². The van der Waals surface area contributed by atoms with Crippen molar-refractivity contribution < 1.29 is 9.59 Å². The third-order valence-electron chi connectivity index (χ3n) is 6.68. The van der Waals surface area contributed by atoms with E-state index in [0.717, 1.165) is 35.4 Å². The molecule has 0 spiro atoms. The third-order valence-corrected chi connectivity index (χ3v) is 7.86. The summed E-state index contributed by atoms with van der Waals surface area (Å²) in [5.74, 6) is 0.0887. The number of anilines is 1. The number of benzene rings is 1. The van der Waals surface area contributed by atoms with Crippen LogP contribution < -0.4 is 4.90 Å². The highest BCUT2D eigenvalue weighted by Crippen LogP contribution is 2.60. The molecular formula is C23H24N2O2S. The smallest absolute Gasteiger partial charge is 0.240 e. The van der Waals surface area contributed by atoms with E-state index in [4.69, 9.17) is 4.98 Å². The number of hydrogen-bond acceptors (Lipinski definition) is 4. The summed E-state index contributed by atoms with van der Waals surface area (Å²) in [6.07, 6.45) is 2.90. The van der Waals surface area contributed by atoms with Crippen molar-refractivity contribution in [3.05, 3.63) is 46.4 Å². The Labute approximate surface area is 169 Å². The Bertz CT molecular complexity index is 971. The summed E-state index contributed by atoms with van der Waals surface area (Å²) in [4.78, 5) is 34.0. The second kappa shape index (κ2) is 6.38. The van der Waals surface area contributed by atoms with Crippen LogP contribution in [0.2, 0.25) is 0 Å². The van der Waals surface area contributed by atoms with Gasteiger partial charge in [0.1, 0.15) is 0 Å². The minimum atomic E-state index is -0.176. The highest BCUT2D eigenvalue weighted by atomic mass is 32.1. The molecule has 2 amide bonds. The molecule has 5 heteroatoms. The molecule has 2 aromatic rings. The van der Waals surface area contributed by atoms with Gasteiger partial charge in [0.2, 0.25) is 11.8 Å². The maximum absolute atomic E-state index is 13.4. The molecule has 28 heavy (non-hydrogen) atoms. The molecule has 2 bridgehead atoms. The zero-order chi connectivity index (χ0) is 19.6. The van der Waals surface area contributed by atoms with E-state index in [9.17, 15) is 9.59 Å². The first-order chi connectivity index (χ1) is 13.5. The molecule has 2 saturated carbocycles. The Hall–Kier alpha value is -2.27. The SMILES string of the molecule is CCc1sc(N2C(=O)[C@H]3[C@H](C2=O)[C@H]2CC[C@H]3C2=C(C)C)nc1-c1ccccc1. The van der Waals surface area contributed by atoms with Gasteiger partial charge in [0, 0.05) is 10.4 Å². The number of aromatic nitrogens is 1. The number of nitrogens with zero attached hydrogens (tertiary/aromatic N) is 2. The van der Waals surface area contributed by atoms with Gasteiger partial charge < -0.3 is 0 Å². The lowest BCUT2D eigenvalue weighted by atomic mass is 9.81. The second-order valence-corrected chi connectivity index (χ2v) is 9.36. The average Bonchev–Trinajstić information content (AvgIpc) is 3.43. The Morgan fingerprint density at radius 2 is 1.68 bits per heavy atom. The van der Waals surface area contributed by atoms with Gasteiger partial charge in [-0.05, 0) is 44.9 Å². The Morgan fingerprint density at radius 3 is 2.21 bits per heavy atom. The van der Waals surface area contributed by atoms with Crippen LogP contribution in [-0.2, 0) is 16.0 Å². The van der Waals surface area contributed by atoms with Crippen molar-refractivity contribution >= 4 is 28.3 Å². The normalized spacial score (nSPS) is 28.4. The molecule has 1 saturated heterocycles. The summed E-state index contributed by atoms with van der Waals surface area (Å²) < 4.78 is 0. The maximum atomic E-state index is 13.4. The van der Waals surface area contributed by atoms with E-state index in [-0.39, 0.29) is 35.5 Å². The zero-order valence-electron chi connectivity index (χ0n) is 16.4. The van der Waals surface area contributed by atoms with Gasteiger partial charge in [0.15, 0.2) is 5.13 Å². The monoisotopic (exact) mass is 392 g/mol. The van der Waals surface area contributed by atoms with Gasteiger partial charge in [-0.25, -0.2) is 9.88 Å². The molecule has 2 heterocycles. The number of hydrogen-bond donors (Lipinski definition) is 0. The fourth-order valence-corrected chi connectivity index (χ4v) is 6.71. The number of imide groups is 1. The fraction of sp³-hybridized carbons (Fsp3) is 0.435. The van der Waals surface area contributed by atoms with E-state index >= 15 is 0 Å². The molecular weight excluding hydrogens is 368 g/mol. The summed E-state index contributed by atoms with van der Waals surface area (Å²) in [6, 6.07) is 10.0. The van der Waals surface area contributed by atoms with Crippen LogP contribution in [0.3, 0.4) is 0 Å².